The van der Waals surface area contributed by atoms with Gasteiger partial charge in [-0.25, -0.2) is 0 Å². The van der Waals surface area contributed by atoms with Crippen LogP contribution in [-0.2, 0) is 0 Å². The molecule has 1 aliphatic heterocycles. The van der Waals surface area contributed by atoms with Crippen molar-refractivity contribution in [1.29, 1.82) is 0 Å². The van der Waals surface area contributed by atoms with Crippen molar-refractivity contribution in [2.75, 3.05) is 7.11 Å². The van der Waals surface area contributed by atoms with E-state index in [2.05, 4.69) is 5.32 Å². The number of nitrogens with one attached hydrogen (secondary N) is 1. The molecule has 5 heteroatoms. The van der Waals surface area contributed by atoms with E-state index in [0.29, 0.717) is 17.7 Å². The Morgan fingerprint density at radius 1 is 1.22 bits per heavy atom. The summed E-state index contributed by atoms with van der Waals surface area (Å²) in [7, 11) is 1.63. The molecule has 1 aliphatic rings. The molecule has 1 amide bonds. The van der Waals surface area contributed by atoms with Crippen LogP contribution in [0.1, 0.15) is 56.1 Å². The SMILES string of the molecule is COc1ccc2c(c1)[C@H](NC(=O)c1ccccc1OC(C)C)CC(C)(C)O2. The molecule has 0 unspecified atom stereocenters. The highest BCUT2D eigenvalue weighted by Gasteiger charge is 2.35. The van der Waals surface area contributed by atoms with Crippen LogP contribution in [0.2, 0.25) is 0 Å². The predicted octanol–water partition coefficient (Wildman–Crippen LogP) is 4.51. The summed E-state index contributed by atoms with van der Waals surface area (Å²) >= 11 is 0. The Morgan fingerprint density at radius 3 is 2.67 bits per heavy atom. The van der Waals surface area contributed by atoms with Crippen molar-refractivity contribution in [2.45, 2.75) is 51.9 Å². The van der Waals surface area contributed by atoms with Crippen LogP contribution in [0.15, 0.2) is 42.5 Å². The lowest BCUT2D eigenvalue weighted by Crippen LogP contribution is -2.41. The highest BCUT2D eigenvalue weighted by Crippen LogP contribution is 2.41. The van der Waals surface area contributed by atoms with Gasteiger partial charge in [-0.3, -0.25) is 4.79 Å². The van der Waals surface area contributed by atoms with Gasteiger partial charge < -0.3 is 19.5 Å². The van der Waals surface area contributed by atoms with Crippen LogP contribution in [0.4, 0.5) is 0 Å². The van der Waals surface area contributed by atoms with E-state index < -0.39 is 0 Å². The summed E-state index contributed by atoms with van der Waals surface area (Å²) in [6.45, 7) is 7.93. The second-order valence-corrected chi connectivity index (χ2v) is 7.66. The normalized spacial score (nSPS) is 17.6. The zero-order valence-electron chi connectivity index (χ0n) is 16.5. The summed E-state index contributed by atoms with van der Waals surface area (Å²) < 4.78 is 17.2. The average Bonchev–Trinajstić information content (AvgIpc) is 2.60. The standard InChI is InChI=1S/C22H27NO4/c1-14(2)26-19-9-7-6-8-16(19)21(24)23-18-13-22(3,4)27-20-11-10-15(25-5)12-17(18)20/h6-12,14,18H,13H2,1-5H3,(H,23,24)/t18-/m1/s1. The van der Waals surface area contributed by atoms with Gasteiger partial charge in [-0.2, -0.15) is 0 Å². The van der Waals surface area contributed by atoms with Gasteiger partial charge in [0, 0.05) is 12.0 Å². The van der Waals surface area contributed by atoms with E-state index in [0.717, 1.165) is 17.1 Å². The van der Waals surface area contributed by atoms with Gasteiger partial charge >= 0.3 is 0 Å². The Labute approximate surface area is 160 Å². The Morgan fingerprint density at radius 2 is 1.96 bits per heavy atom. The van der Waals surface area contributed by atoms with E-state index in [1.165, 1.54) is 0 Å². The average molecular weight is 369 g/mol. The van der Waals surface area contributed by atoms with E-state index >= 15 is 0 Å². The Hall–Kier alpha value is -2.69. The van der Waals surface area contributed by atoms with E-state index in [1.54, 1.807) is 13.2 Å². The van der Waals surface area contributed by atoms with Crippen molar-refractivity contribution in [3.63, 3.8) is 0 Å². The third-order valence-corrected chi connectivity index (χ3v) is 4.47. The number of hydrogen-bond donors (Lipinski definition) is 1. The minimum atomic E-state index is -0.381. The number of amides is 1. The summed E-state index contributed by atoms with van der Waals surface area (Å²) in [5, 5.41) is 3.16. The summed E-state index contributed by atoms with van der Waals surface area (Å²) in [5.41, 5.74) is 1.07. The summed E-state index contributed by atoms with van der Waals surface area (Å²) in [5.74, 6) is 1.92. The maximum Gasteiger partial charge on any atom is 0.255 e. The number of fused-ring (bicyclic) bond motifs is 1. The van der Waals surface area contributed by atoms with Crippen LogP contribution >= 0.6 is 0 Å². The summed E-state index contributed by atoms with van der Waals surface area (Å²) in [6.07, 6.45) is 0.650. The fourth-order valence-corrected chi connectivity index (χ4v) is 3.34. The first-order valence-corrected chi connectivity index (χ1v) is 9.22. The monoisotopic (exact) mass is 369 g/mol. The molecule has 0 aromatic heterocycles. The summed E-state index contributed by atoms with van der Waals surface area (Å²) in [4.78, 5) is 13.0. The molecular weight excluding hydrogens is 342 g/mol. The van der Waals surface area contributed by atoms with Crippen molar-refractivity contribution < 1.29 is 19.0 Å². The molecule has 0 fully saturated rings. The quantitative estimate of drug-likeness (QED) is 0.842. The van der Waals surface area contributed by atoms with E-state index in [1.807, 2.05) is 64.1 Å². The number of carbonyl (C=O) groups excluding carboxylic acids is 1. The molecule has 0 saturated carbocycles. The maximum atomic E-state index is 13.0. The smallest absolute Gasteiger partial charge is 0.255 e. The first-order chi connectivity index (χ1) is 12.8. The molecule has 5 nitrogen and oxygen atoms in total. The maximum absolute atomic E-state index is 13.0. The van der Waals surface area contributed by atoms with Crippen LogP contribution < -0.4 is 19.5 Å². The van der Waals surface area contributed by atoms with Gasteiger partial charge in [0.05, 0.1) is 24.8 Å². The lowest BCUT2D eigenvalue weighted by atomic mass is 9.89. The second-order valence-electron chi connectivity index (χ2n) is 7.66. The van der Waals surface area contributed by atoms with Crippen molar-refractivity contribution in [3.05, 3.63) is 53.6 Å². The molecule has 3 rings (SSSR count). The van der Waals surface area contributed by atoms with Crippen LogP contribution in [0, 0.1) is 0 Å². The highest BCUT2D eigenvalue weighted by molar-refractivity contribution is 5.97. The molecule has 2 aromatic rings. The molecule has 0 bridgehead atoms. The number of rotatable bonds is 5. The summed E-state index contributed by atoms with van der Waals surface area (Å²) in [6, 6.07) is 12.8. The molecule has 0 aliphatic carbocycles. The lowest BCUT2D eigenvalue weighted by molar-refractivity contribution is 0.0617. The fraction of sp³-hybridized carbons (Fsp3) is 0.409. The van der Waals surface area contributed by atoms with E-state index in [-0.39, 0.29) is 23.7 Å². The van der Waals surface area contributed by atoms with Crippen LogP contribution in [0.5, 0.6) is 17.2 Å². The Kier molecular flexibility index (Phi) is 5.31. The fourth-order valence-electron chi connectivity index (χ4n) is 3.34. The van der Waals surface area contributed by atoms with Crippen LogP contribution in [-0.4, -0.2) is 24.7 Å². The zero-order valence-corrected chi connectivity index (χ0v) is 16.5. The third-order valence-electron chi connectivity index (χ3n) is 4.47. The largest absolute Gasteiger partial charge is 0.497 e. The lowest BCUT2D eigenvalue weighted by Gasteiger charge is -2.38. The number of benzene rings is 2. The number of ether oxygens (including phenoxy) is 3. The molecule has 1 atom stereocenters. The molecule has 0 radical (unpaired) electrons. The van der Waals surface area contributed by atoms with Gasteiger partial charge in [0.15, 0.2) is 0 Å². The minimum Gasteiger partial charge on any atom is -0.497 e. The zero-order chi connectivity index (χ0) is 19.6. The van der Waals surface area contributed by atoms with Gasteiger partial charge in [-0.15, -0.1) is 0 Å². The molecular formula is C22H27NO4. The first-order valence-electron chi connectivity index (χ1n) is 9.22. The molecule has 2 aromatic carbocycles. The number of para-hydroxylation sites is 1. The molecule has 0 saturated heterocycles. The molecule has 144 valence electrons. The molecule has 1 heterocycles. The van der Waals surface area contributed by atoms with Crippen LogP contribution in [0.25, 0.3) is 0 Å². The molecule has 1 N–H and O–H groups in total. The second kappa shape index (κ2) is 7.51. The van der Waals surface area contributed by atoms with Crippen molar-refractivity contribution in [2.24, 2.45) is 0 Å². The van der Waals surface area contributed by atoms with E-state index in [9.17, 15) is 4.79 Å². The van der Waals surface area contributed by atoms with Gasteiger partial charge in [-0.1, -0.05) is 12.1 Å². The van der Waals surface area contributed by atoms with E-state index in [4.69, 9.17) is 14.2 Å². The van der Waals surface area contributed by atoms with Crippen molar-refractivity contribution >= 4 is 5.91 Å². The first kappa shape index (κ1) is 19.1. The van der Waals surface area contributed by atoms with Gasteiger partial charge in [0.2, 0.25) is 0 Å². The minimum absolute atomic E-state index is 0.00838. The third kappa shape index (κ3) is 4.35. The topological polar surface area (TPSA) is 56.8 Å². The number of carbonyl (C=O) groups is 1. The van der Waals surface area contributed by atoms with Gasteiger partial charge in [-0.05, 0) is 58.0 Å². The number of methoxy groups -OCH3 is 1. The molecule has 27 heavy (non-hydrogen) atoms. The highest BCUT2D eigenvalue weighted by atomic mass is 16.5. The number of hydrogen-bond acceptors (Lipinski definition) is 4. The van der Waals surface area contributed by atoms with Crippen molar-refractivity contribution in [1.82, 2.24) is 5.32 Å². The van der Waals surface area contributed by atoms with Gasteiger partial charge in [0.1, 0.15) is 22.8 Å². The van der Waals surface area contributed by atoms with Crippen LogP contribution in [0.3, 0.4) is 0 Å². The van der Waals surface area contributed by atoms with Gasteiger partial charge in [0.25, 0.3) is 5.91 Å². The Balaban J connectivity index is 1.90. The predicted molar refractivity (Wildman–Crippen MR) is 105 cm³/mol. The Bertz CT molecular complexity index is 829. The van der Waals surface area contributed by atoms with Crippen molar-refractivity contribution in [3.8, 4) is 17.2 Å². The molecule has 0 spiro atoms.